The van der Waals surface area contributed by atoms with Gasteiger partial charge in [-0.1, -0.05) is 6.07 Å². The van der Waals surface area contributed by atoms with Crippen LogP contribution in [0.2, 0.25) is 0 Å². The summed E-state index contributed by atoms with van der Waals surface area (Å²) in [6.07, 6.45) is 8.24. The van der Waals surface area contributed by atoms with Crippen LogP contribution in [0.1, 0.15) is 11.1 Å². The van der Waals surface area contributed by atoms with Crippen LogP contribution in [0.3, 0.4) is 0 Å². The summed E-state index contributed by atoms with van der Waals surface area (Å²) in [5.41, 5.74) is 3.58. The van der Waals surface area contributed by atoms with Crippen molar-refractivity contribution in [1.82, 2.24) is 25.1 Å². The van der Waals surface area contributed by atoms with Gasteiger partial charge in [0.2, 0.25) is 0 Å². The molecular weight excluding hydrogens is 306 g/mol. The molecule has 3 aromatic rings. The molecule has 3 rings (SSSR count). The standard InChI is InChI=1S/C17H17N5O2/c1-22-11-15(10-21-22)16-3-2-14(8-19-16)9-20-17(23)24-12-13-4-6-18-7-5-13/h2-8,10-11H,9,12H2,1H3,(H,20,23). The third kappa shape index (κ3) is 4.16. The molecule has 0 aromatic carbocycles. The van der Waals surface area contributed by atoms with Gasteiger partial charge in [-0.3, -0.25) is 14.6 Å². The number of carbonyl (C=O) groups excluding carboxylic acids is 1. The molecule has 0 spiro atoms. The van der Waals surface area contributed by atoms with Crippen molar-refractivity contribution >= 4 is 6.09 Å². The number of amides is 1. The van der Waals surface area contributed by atoms with E-state index in [1.807, 2.05) is 25.4 Å². The van der Waals surface area contributed by atoms with Crippen LogP contribution in [0.25, 0.3) is 11.3 Å². The summed E-state index contributed by atoms with van der Waals surface area (Å²) in [4.78, 5) is 20.0. The quantitative estimate of drug-likeness (QED) is 0.779. The second kappa shape index (κ2) is 7.36. The lowest BCUT2D eigenvalue weighted by Crippen LogP contribution is -2.23. The lowest BCUT2D eigenvalue weighted by atomic mass is 10.2. The van der Waals surface area contributed by atoms with Crippen LogP contribution in [0, 0.1) is 0 Å². The van der Waals surface area contributed by atoms with Crippen molar-refractivity contribution in [2.24, 2.45) is 7.05 Å². The molecule has 24 heavy (non-hydrogen) atoms. The number of carbonyl (C=O) groups is 1. The van der Waals surface area contributed by atoms with E-state index in [0.29, 0.717) is 6.54 Å². The first-order valence-corrected chi connectivity index (χ1v) is 7.44. The van der Waals surface area contributed by atoms with Crippen LogP contribution in [-0.4, -0.2) is 25.8 Å². The molecule has 7 nitrogen and oxygen atoms in total. The van der Waals surface area contributed by atoms with E-state index >= 15 is 0 Å². The third-order valence-corrected chi connectivity index (χ3v) is 3.38. The van der Waals surface area contributed by atoms with E-state index in [0.717, 1.165) is 22.4 Å². The molecule has 1 amide bonds. The molecular formula is C17H17N5O2. The van der Waals surface area contributed by atoms with Crippen molar-refractivity contribution in [2.75, 3.05) is 0 Å². The Hall–Kier alpha value is -3.22. The Morgan fingerprint density at radius 2 is 2.00 bits per heavy atom. The van der Waals surface area contributed by atoms with E-state index in [9.17, 15) is 4.79 Å². The number of rotatable bonds is 5. The van der Waals surface area contributed by atoms with E-state index in [1.54, 1.807) is 41.6 Å². The van der Waals surface area contributed by atoms with E-state index in [1.165, 1.54) is 0 Å². The molecule has 0 atom stereocenters. The van der Waals surface area contributed by atoms with Gasteiger partial charge in [0.25, 0.3) is 0 Å². The van der Waals surface area contributed by atoms with Crippen molar-refractivity contribution in [3.8, 4) is 11.3 Å². The molecule has 0 aliphatic rings. The highest BCUT2D eigenvalue weighted by Gasteiger charge is 2.05. The Morgan fingerprint density at radius 1 is 1.17 bits per heavy atom. The lowest BCUT2D eigenvalue weighted by Gasteiger charge is -2.07. The van der Waals surface area contributed by atoms with Gasteiger partial charge in [-0.25, -0.2) is 4.79 Å². The maximum atomic E-state index is 11.7. The fourth-order valence-corrected chi connectivity index (χ4v) is 2.11. The van der Waals surface area contributed by atoms with Crippen LogP contribution in [0.4, 0.5) is 4.79 Å². The Bertz CT molecular complexity index is 799. The van der Waals surface area contributed by atoms with Crippen molar-refractivity contribution in [2.45, 2.75) is 13.2 Å². The summed E-state index contributed by atoms with van der Waals surface area (Å²) >= 11 is 0. The molecule has 0 aliphatic carbocycles. The molecule has 0 unspecified atom stereocenters. The summed E-state index contributed by atoms with van der Waals surface area (Å²) in [5.74, 6) is 0. The van der Waals surface area contributed by atoms with Crippen molar-refractivity contribution < 1.29 is 9.53 Å². The largest absolute Gasteiger partial charge is 0.445 e. The average Bonchev–Trinajstić information content (AvgIpc) is 3.06. The molecule has 0 saturated carbocycles. The maximum Gasteiger partial charge on any atom is 0.407 e. The minimum Gasteiger partial charge on any atom is -0.445 e. The molecule has 0 fully saturated rings. The van der Waals surface area contributed by atoms with Crippen molar-refractivity contribution in [3.63, 3.8) is 0 Å². The zero-order chi connectivity index (χ0) is 16.8. The smallest absolute Gasteiger partial charge is 0.407 e. The average molecular weight is 323 g/mol. The highest BCUT2D eigenvalue weighted by Crippen LogP contribution is 2.15. The van der Waals surface area contributed by atoms with Gasteiger partial charge in [0.1, 0.15) is 6.61 Å². The SMILES string of the molecule is Cn1cc(-c2ccc(CNC(=O)OCc3ccncc3)cn2)cn1. The first kappa shape index (κ1) is 15.7. The second-order valence-electron chi connectivity index (χ2n) is 5.24. The molecule has 3 heterocycles. The normalized spacial score (nSPS) is 10.4. The van der Waals surface area contributed by atoms with Crippen molar-refractivity contribution in [3.05, 3.63) is 66.4 Å². The highest BCUT2D eigenvalue weighted by molar-refractivity contribution is 5.67. The Labute approximate surface area is 139 Å². The van der Waals surface area contributed by atoms with Gasteiger partial charge in [0.15, 0.2) is 0 Å². The summed E-state index contributed by atoms with van der Waals surface area (Å²) in [5, 5.41) is 6.82. The maximum absolute atomic E-state index is 11.7. The minimum absolute atomic E-state index is 0.215. The number of hydrogen-bond donors (Lipinski definition) is 1. The number of nitrogens with zero attached hydrogens (tertiary/aromatic N) is 4. The second-order valence-corrected chi connectivity index (χ2v) is 5.24. The van der Waals surface area contributed by atoms with Gasteiger partial charge in [-0.15, -0.1) is 0 Å². The Kier molecular flexibility index (Phi) is 4.81. The molecule has 0 bridgehead atoms. The lowest BCUT2D eigenvalue weighted by molar-refractivity contribution is 0.139. The van der Waals surface area contributed by atoms with Gasteiger partial charge >= 0.3 is 6.09 Å². The summed E-state index contributed by atoms with van der Waals surface area (Å²) < 4.78 is 6.86. The molecule has 122 valence electrons. The molecule has 0 saturated heterocycles. The van der Waals surface area contributed by atoms with Crippen LogP contribution in [0.15, 0.2) is 55.2 Å². The minimum atomic E-state index is -0.469. The highest BCUT2D eigenvalue weighted by atomic mass is 16.5. The van der Waals surface area contributed by atoms with E-state index < -0.39 is 6.09 Å². The van der Waals surface area contributed by atoms with Gasteiger partial charge in [0, 0.05) is 43.9 Å². The number of ether oxygens (including phenoxy) is 1. The number of aromatic nitrogens is 4. The summed E-state index contributed by atoms with van der Waals surface area (Å²) in [6.45, 7) is 0.571. The van der Waals surface area contributed by atoms with Gasteiger partial charge in [-0.2, -0.15) is 5.10 Å². The van der Waals surface area contributed by atoms with Gasteiger partial charge in [0.05, 0.1) is 11.9 Å². The van der Waals surface area contributed by atoms with Crippen LogP contribution < -0.4 is 5.32 Å². The van der Waals surface area contributed by atoms with E-state index in [-0.39, 0.29) is 6.61 Å². The Balaban J connectivity index is 1.48. The molecule has 0 aliphatic heterocycles. The number of hydrogen-bond acceptors (Lipinski definition) is 5. The zero-order valence-electron chi connectivity index (χ0n) is 13.2. The predicted molar refractivity (Wildman–Crippen MR) is 87.7 cm³/mol. The molecule has 7 heteroatoms. The Morgan fingerprint density at radius 3 is 2.67 bits per heavy atom. The van der Waals surface area contributed by atoms with Crippen LogP contribution in [-0.2, 0) is 24.9 Å². The predicted octanol–water partition coefficient (Wildman–Crippen LogP) is 2.30. The van der Waals surface area contributed by atoms with E-state index in [4.69, 9.17) is 4.74 Å². The molecule has 0 radical (unpaired) electrons. The van der Waals surface area contributed by atoms with Crippen molar-refractivity contribution in [1.29, 1.82) is 0 Å². The number of aryl methyl sites for hydroxylation is 1. The first-order valence-electron chi connectivity index (χ1n) is 7.44. The fraction of sp³-hybridized carbons (Fsp3) is 0.176. The van der Waals surface area contributed by atoms with Gasteiger partial charge < -0.3 is 10.1 Å². The zero-order valence-corrected chi connectivity index (χ0v) is 13.2. The number of alkyl carbamates (subject to hydrolysis) is 1. The van der Waals surface area contributed by atoms with E-state index in [2.05, 4.69) is 20.4 Å². The monoisotopic (exact) mass is 323 g/mol. The fourth-order valence-electron chi connectivity index (χ4n) is 2.11. The number of nitrogens with one attached hydrogen (secondary N) is 1. The summed E-state index contributed by atoms with van der Waals surface area (Å²) in [7, 11) is 1.86. The first-order chi connectivity index (χ1) is 11.7. The molecule has 3 aromatic heterocycles. The third-order valence-electron chi connectivity index (χ3n) is 3.38. The van der Waals surface area contributed by atoms with Crippen LogP contribution >= 0.6 is 0 Å². The number of pyridine rings is 2. The van der Waals surface area contributed by atoms with Gasteiger partial charge in [-0.05, 0) is 29.3 Å². The topological polar surface area (TPSA) is 81.9 Å². The van der Waals surface area contributed by atoms with Crippen LogP contribution in [0.5, 0.6) is 0 Å². The molecule has 1 N–H and O–H groups in total. The summed E-state index contributed by atoms with van der Waals surface area (Å²) in [6, 6.07) is 7.41.